The van der Waals surface area contributed by atoms with Crippen molar-refractivity contribution in [3.8, 4) is 23.7 Å². The first kappa shape index (κ1) is 64.8. The minimum atomic E-state index is -0.991. The summed E-state index contributed by atoms with van der Waals surface area (Å²) in [7, 11) is 10.8. The number of likely N-dealkylation sites (N-methyl/N-ethyl adjacent to an activating group) is 2. The van der Waals surface area contributed by atoms with Gasteiger partial charge in [-0.25, -0.2) is 9.59 Å². The number of hydrogen-bond acceptors (Lipinski definition) is 14. The van der Waals surface area contributed by atoms with E-state index in [-0.39, 0.29) is 38.3 Å². The van der Waals surface area contributed by atoms with Crippen molar-refractivity contribution in [3.05, 3.63) is 171 Å². The van der Waals surface area contributed by atoms with Crippen molar-refractivity contribution in [2.75, 3.05) is 35.4 Å². The van der Waals surface area contributed by atoms with Crippen molar-refractivity contribution in [1.82, 2.24) is 49.8 Å². The molecule has 84 heavy (non-hydrogen) atoms. The zero-order valence-corrected chi connectivity index (χ0v) is 51.5. The number of alkyl carbamates (subject to hydrolysis) is 1. The van der Waals surface area contributed by atoms with E-state index < -0.39 is 29.7 Å². The number of nitrogens with one attached hydrogen (secondary N) is 2. The van der Waals surface area contributed by atoms with Gasteiger partial charge in [0.25, 0.3) is 17.7 Å². The number of carboxylic acids is 1. The molecule has 0 saturated heterocycles. The van der Waals surface area contributed by atoms with Crippen molar-refractivity contribution >= 4 is 86.0 Å². The quantitative estimate of drug-likeness (QED) is 0.0956. The van der Waals surface area contributed by atoms with Crippen molar-refractivity contribution < 1.29 is 33.8 Å². The molecule has 6 aromatic heterocycles. The highest BCUT2D eigenvalue weighted by atomic mass is 32.2. The van der Waals surface area contributed by atoms with Gasteiger partial charge in [0.15, 0.2) is 5.69 Å². The molecule has 4 amide bonds. The summed E-state index contributed by atoms with van der Waals surface area (Å²) in [5.41, 5.74) is 7.64. The third kappa shape index (κ3) is 16.3. The number of rotatable bonds is 8. The Labute approximate surface area is 507 Å². The number of hydrogen-bond donors (Lipinski definition) is 3. The van der Waals surface area contributed by atoms with Crippen LogP contribution in [-0.4, -0.2) is 117 Å². The third-order valence-corrected chi connectivity index (χ3v) is 18.1. The van der Waals surface area contributed by atoms with Crippen LogP contribution in [0.25, 0.3) is 0 Å². The Morgan fingerprint density at radius 2 is 1.07 bits per heavy atom. The van der Waals surface area contributed by atoms with Gasteiger partial charge < -0.3 is 37.7 Å². The van der Waals surface area contributed by atoms with Gasteiger partial charge in [-0.05, 0) is 69.0 Å². The maximum atomic E-state index is 13.3. The normalized spacial score (nSPS) is 14.3. The predicted octanol–water partition coefficient (Wildman–Crippen LogP) is 9.33. The fourth-order valence-corrected chi connectivity index (χ4v) is 13.5. The van der Waals surface area contributed by atoms with E-state index in [1.807, 2.05) is 108 Å². The molecule has 2 atom stereocenters. The Morgan fingerprint density at radius 1 is 0.655 bits per heavy atom. The molecule has 2 aromatic carbocycles. The number of aromatic carboxylic acids is 1. The van der Waals surface area contributed by atoms with Gasteiger partial charge in [0.2, 0.25) is 0 Å². The van der Waals surface area contributed by atoms with Crippen molar-refractivity contribution in [2.24, 2.45) is 28.2 Å². The number of aryl methyl sites for hydroxylation is 4. The van der Waals surface area contributed by atoms with Crippen LogP contribution in [-0.2, 0) is 55.4 Å². The van der Waals surface area contributed by atoms with E-state index in [9.17, 15) is 24.0 Å². The largest absolute Gasteiger partial charge is 0.476 e. The lowest BCUT2D eigenvalue weighted by atomic mass is 10.1. The number of amides is 4. The first-order valence-corrected chi connectivity index (χ1v) is 29.4. The van der Waals surface area contributed by atoms with Crippen molar-refractivity contribution in [3.63, 3.8) is 0 Å². The average molecular weight is 1210 g/mol. The minimum absolute atomic E-state index is 0. The molecule has 8 heterocycles. The van der Waals surface area contributed by atoms with E-state index in [2.05, 4.69) is 54.7 Å². The molecule has 10 rings (SSSR count). The van der Waals surface area contributed by atoms with Crippen LogP contribution in [0.15, 0.2) is 107 Å². The Hall–Kier alpha value is -8.35. The van der Waals surface area contributed by atoms with Gasteiger partial charge >= 0.3 is 12.1 Å². The van der Waals surface area contributed by atoms with Gasteiger partial charge in [-0.2, -0.15) is 20.4 Å². The van der Waals surface area contributed by atoms with Crippen LogP contribution < -0.4 is 20.4 Å². The number of thioether (sulfide) groups is 2. The summed E-state index contributed by atoms with van der Waals surface area (Å²) in [4.78, 5) is 69.3. The molecular weight excluding hydrogens is 1140 g/mol. The van der Waals surface area contributed by atoms with E-state index >= 15 is 0 Å². The molecule has 0 saturated carbocycles. The second-order valence-electron chi connectivity index (χ2n) is 20.2. The summed E-state index contributed by atoms with van der Waals surface area (Å²) in [5.74, 6) is 11.9. The average Bonchev–Trinajstić information content (AvgIpc) is 3.43. The predicted molar refractivity (Wildman–Crippen MR) is 334 cm³/mol. The molecule has 23 heteroatoms. The highest BCUT2D eigenvalue weighted by Crippen LogP contribution is 2.45. The first-order chi connectivity index (χ1) is 39.0. The SMILES string of the molecule is C.Cc1c(C#Cc2cnn(C)c2)sc2c1SC[C@H](NC(=O)OC(C)(C)C)C(=O)N2C.Cc1c(C#Cc2cnn(C)c2)sc2c1SC[C@H](NC(=O)c1cc(Cc3ccccc3)n(C)n1)C(=O)N2C.Cn1nc(C(=O)O)cc1Cc1ccccc1.[CH3-]. The number of aromatic nitrogens is 8. The first-order valence-electron chi connectivity index (χ1n) is 25.8. The van der Waals surface area contributed by atoms with Gasteiger partial charge in [0, 0.05) is 100 Å². The van der Waals surface area contributed by atoms with Gasteiger partial charge in [-0.3, -0.25) is 33.1 Å². The summed E-state index contributed by atoms with van der Waals surface area (Å²) in [6, 6.07) is 22.0. The maximum absolute atomic E-state index is 13.3. The highest BCUT2D eigenvalue weighted by Gasteiger charge is 2.35. The fraction of sp³-hybridized carbons (Fsp3) is 0.311. The number of carbonyl (C=O) groups is 5. The molecule has 3 N–H and O–H groups in total. The molecule has 0 fully saturated rings. The molecule has 0 radical (unpaired) electrons. The molecule has 440 valence electrons. The molecule has 2 aliphatic heterocycles. The van der Waals surface area contributed by atoms with Crippen LogP contribution in [0.3, 0.4) is 0 Å². The molecular formula is C61H69N12O7S4-. The standard InChI is InChI=1S/C27H26N6O2S2.C20H24N4O3S2.C12H12N2O2.CH4.CH3/c1-17-23(11-10-19-14-28-31(2)15-19)37-27-24(17)36-16-22(26(35)32(27)3)29-25(34)21-13-20(33(4)30-21)12-18-8-6-5-7-9-18;1-12-15(8-7-13-9-21-23(5)10-13)29-18-16(12)28-11-14(17(25)24(18)6)22-19(26)27-20(2,3)4;1-14-10(8-11(13-14)12(15)16)7-9-5-3-2-4-6-9;;/h5-9,13-15,22H,12,16H2,1-4H3,(H,29,34);9-10,14H,11H2,1-6H3,(H,22,26);2-6,8H,7H2,1H3,(H,15,16);1H4;1H3/q;;;;-1/t22-;14-;;;/m00.../s1. The lowest BCUT2D eigenvalue weighted by molar-refractivity contribution is -0.120. The van der Waals surface area contributed by atoms with E-state index in [1.54, 1.807) is 118 Å². The molecule has 2 aliphatic rings. The molecule has 8 aromatic rings. The summed E-state index contributed by atoms with van der Waals surface area (Å²) in [6.45, 7) is 9.40. The Bertz CT molecular complexity index is 3790. The number of carbonyl (C=O) groups excluding carboxylic acids is 4. The molecule has 0 aliphatic carbocycles. The number of nitrogens with zero attached hydrogens (tertiary/aromatic N) is 10. The van der Waals surface area contributed by atoms with Gasteiger partial charge in [-0.15, -0.1) is 46.2 Å². The lowest BCUT2D eigenvalue weighted by Crippen LogP contribution is -2.49. The zero-order valence-electron chi connectivity index (χ0n) is 48.2. The Morgan fingerprint density at radius 3 is 1.46 bits per heavy atom. The smallest absolute Gasteiger partial charge is 0.408 e. The van der Waals surface area contributed by atoms with Crippen LogP contribution in [0.4, 0.5) is 14.8 Å². The minimum Gasteiger partial charge on any atom is -0.476 e. The molecule has 0 spiro atoms. The van der Waals surface area contributed by atoms with Gasteiger partial charge in [-0.1, -0.05) is 91.8 Å². The van der Waals surface area contributed by atoms with Gasteiger partial charge in [0.1, 0.15) is 33.4 Å². The van der Waals surface area contributed by atoms with Crippen LogP contribution in [0.2, 0.25) is 0 Å². The number of fused-ring (bicyclic) bond motifs is 2. The highest BCUT2D eigenvalue weighted by molar-refractivity contribution is 8.00. The summed E-state index contributed by atoms with van der Waals surface area (Å²) in [6.07, 6.45) is 7.95. The van der Waals surface area contributed by atoms with Crippen LogP contribution >= 0.6 is 46.2 Å². The second-order valence-corrected chi connectivity index (χ2v) is 24.3. The molecule has 0 bridgehead atoms. The number of ether oxygens (including phenoxy) is 1. The number of carboxylic acid groups (broad SMARTS) is 1. The number of benzene rings is 2. The van der Waals surface area contributed by atoms with Gasteiger partial charge in [0.05, 0.1) is 33.3 Å². The summed E-state index contributed by atoms with van der Waals surface area (Å²) in [5, 5.41) is 32.7. The lowest BCUT2D eigenvalue weighted by Gasteiger charge is -2.24. The topological polar surface area (TPSA) is 217 Å². The monoisotopic (exact) mass is 1210 g/mol. The van der Waals surface area contributed by atoms with E-state index in [4.69, 9.17) is 9.84 Å². The van der Waals surface area contributed by atoms with E-state index in [0.717, 1.165) is 74.3 Å². The maximum Gasteiger partial charge on any atom is 0.408 e. The summed E-state index contributed by atoms with van der Waals surface area (Å²) >= 11 is 6.10. The molecule has 19 nitrogen and oxygen atoms in total. The number of thiophene rings is 2. The van der Waals surface area contributed by atoms with Crippen LogP contribution in [0.1, 0.15) is 104 Å². The second kappa shape index (κ2) is 28.3. The van der Waals surface area contributed by atoms with Crippen molar-refractivity contribution in [1.29, 1.82) is 0 Å². The fourth-order valence-electron chi connectivity index (χ4n) is 8.42. The third-order valence-electron chi connectivity index (χ3n) is 12.7. The molecule has 0 unspecified atom stereocenters. The van der Waals surface area contributed by atoms with E-state index in [0.29, 0.717) is 30.0 Å². The zero-order chi connectivity index (χ0) is 59.0. The van der Waals surface area contributed by atoms with Crippen LogP contribution in [0, 0.1) is 45.0 Å². The van der Waals surface area contributed by atoms with Crippen LogP contribution in [0.5, 0.6) is 0 Å². The van der Waals surface area contributed by atoms with Crippen molar-refractivity contribution in [2.45, 2.75) is 82.4 Å². The number of anilines is 2. The Balaban J connectivity index is 0.000000214. The Kier molecular flexibility index (Phi) is 21.8. The summed E-state index contributed by atoms with van der Waals surface area (Å²) < 4.78 is 12.0. The van der Waals surface area contributed by atoms with E-state index in [1.165, 1.54) is 22.7 Å².